The average Bonchev–Trinajstić information content (AvgIpc) is 2.46. The molecule has 5 nitrogen and oxygen atoms in total. The van der Waals surface area contributed by atoms with Crippen LogP contribution in [0, 0.1) is 5.41 Å². The minimum atomic E-state index is -0.449. The van der Waals surface area contributed by atoms with Crippen LogP contribution in [-0.2, 0) is 4.79 Å². The second kappa shape index (κ2) is 9.06. The molecule has 0 aliphatic carbocycles. The summed E-state index contributed by atoms with van der Waals surface area (Å²) >= 11 is 3.38. The SMILES string of the molecule is CC(C)(C)[C@H](N)C(=O)N1CCN(c2ccc(Br)cn2)CC1.Cl.Cl. The predicted octanol–water partition coefficient (Wildman–Crippen LogP) is 2.71. The van der Waals surface area contributed by atoms with Gasteiger partial charge in [0, 0.05) is 36.8 Å². The van der Waals surface area contributed by atoms with Gasteiger partial charge in [0.2, 0.25) is 5.91 Å². The summed E-state index contributed by atoms with van der Waals surface area (Å²) < 4.78 is 0.969. The summed E-state index contributed by atoms with van der Waals surface area (Å²) in [5.74, 6) is 0.997. The molecule has 23 heavy (non-hydrogen) atoms. The molecule has 0 bridgehead atoms. The summed E-state index contributed by atoms with van der Waals surface area (Å²) in [7, 11) is 0. The standard InChI is InChI=1S/C15H23BrN4O.2ClH/c1-15(2,3)13(17)14(21)20-8-6-19(7-9-20)12-5-4-11(16)10-18-12;;/h4-5,10,13H,6-9,17H2,1-3H3;2*1H/t13-;;/m1../s1. The molecule has 1 amide bonds. The van der Waals surface area contributed by atoms with Gasteiger partial charge in [0.05, 0.1) is 6.04 Å². The quantitative estimate of drug-likeness (QED) is 0.787. The maximum absolute atomic E-state index is 12.4. The number of carbonyl (C=O) groups is 1. The van der Waals surface area contributed by atoms with Crippen molar-refractivity contribution in [1.82, 2.24) is 9.88 Å². The minimum absolute atomic E-state index is 0. The summed E-state index contributed by atoms with van der Waals surface area (Å²) in [6, 6.07) is 3.52. The normalized spacial score (nSPS) is 16.2. The first-order valence-electron chi connectivity index (χ1n) is 7.20. The Kier molecular flexibility index (Phi) is 8.84. The van der Waals surface area contributed by atoms with Crippen LogP contribution in [0.1, 0.15) is 20.8 Å². The van der Waals surface area contributed by atoms with Gasteiger partial charge in [-0.25, -0.2) is 4.98 Å². The van der Waals surface area contributed by atoms with Gasteiger partial charge in [-0.2, -0.15) is 0 Å². The van der Waals surface area contributed by atoms with E-state index in [4.69, 9.17) is 5.73 Å². The highest BCUT2D eigenvalue weighted by Gasteiger charge is 2.32. The number of piperazine rings is 1. The molecule has 132 valence electrons. The van der Waals surface area contributed by atoms with E-state index in [1.54, 1.807) is 6.20 Å². The van der Waals surface area contributed by atoms with E-state index >= 15 is 0 Å². The van der Waals surface area contributed by atoms with E-state index in [-0.39, 0.29) is 36.1 Å². The van der Waals surface area contributed by atoms with E-state index in [1.807, 2.05) is 37.8 Å². The molecule has 1 fully saturated rings. The third-order valence-corrected chi connectivity index (χ3v) is 4.30. The Morgan fingerprint density at radius 3 is 2.22 bits per heavy atom. The maximum Gasteiger partial charge on any atom is 0.240 e. The third-order valence-electron chi connectivity index (χ3n) is 3.83. The fourth-order valence-corrected chi connectivity index (χ4v) is 2.51. The van der Waals surface area contributed by atoms with E-state index in [0.29, 0.717) is 13.1 Å². The van der Waals surface area contributed by atoms with Crippen molar-refractivity contribution < 1.29 is 4.79 Å². The van der Waals surface area contributed by atoms with Crippen LogP contribution in [-0.4, -0.2) is 48.0 Å². The first-order valence-corrected chi connectivity index (χ1v) is 7.99. The summed E-state index contributed by atoms with van der Waals surface area (Å²) in [6.45, 7) is 8.96. The van der Waals surface area contributed by atoms with Gasteiger partial charge >= 0.3 is 0 Å². The number of halogens is 3. The molecule has 2 rings (SSSR count). The molecule has 2 heterocycles. The Hall–Kier alpha value is -0.560. The largest absolute Gasteiger partial charge is 0.353 e. The highest BCUT2D eigenvalue weighted by atomic mass is 79.9. The molecule has 0 aromatic carbocycles. The second-order valence-corrected chi connectivity index (χ2v) is 7.41. The Balaban J connectivity index is 0.00000242. The van der Waals surface area contributed by atoms with Crippen molar-refractivity contribution in [3.8, 4) is 0 Å². The number of hydrogen-bond acceptors (Lipinski definition) is 4. The molecule has 0 radical (unpaired) electrons. The number of anilines is 1. The maximum atomic E-state index is 12.4. The van der Waals surface area contributed by atoms with Crippen LogP contribution in [0.2, 0.25) is 0 Å². The van der Waals surface area contributed by atoms with Crippen LogP contribution in [0.25, 0.3) is 0 Å². The molecule has 0 saturated carbocycles. The zero-order valence-corrected chi connectivity index (χ0v) is 16.9. The fraction of sp³-hybridized carbons (Fsp3) is 0.600. The molecule has 1 aliphatic heterocycles. The minimum Gasteiger partial charge on any atom is -0.353 e. The van der Waals surface area contributed by atoms with E-state index in [9.17, 15) is 4.79 Å². The van der Waals surface area contributed by atoms with Crippen molar-refractivity contribution in [3.63, 3.8) is 0 Å². The van der Waals surface area contributed by atoms with Gasteiger partial charge < -0.3 is 15.5 Å². The molecule has 8 heteroatoms. The summed E-state index contributed by atoms with van der Waals surface area (Å²) in [6.07, 6.45) is 1.79. The third kappa shape index (κ3) is 5.78. The van der Waals surface area contributed by atoms with Crippen molar-refractivity contribution >= 4 is 52.5 Å². The summed E-state index contributed by atoms with van der Waals surface area (Å²) in [5, 5.41) is 0. The van der Waals surface area contributed by atoms with Crippen molar-refractivity contribution in [2.75, 3.05) is 31.1 Å². The molecule has 1 atom stereocenters. The number of rotatable bonds is 2. The van der Waals surface area contributed by atoms with Crippen LogP contribution in [0.5, 0.6) is 0 Å². The van der Waals surface area contributed by atoms with E-state index in [2.05, 4.69) is 25.8 Å². The van der Waals surface area contributed by atoms with Gasteiger partial charge in [-0.05, 0) is 33.5 Å². The molecule has 0 unspecified atom stereocenters. The number of nitrogens with zero attached hydrogens (tertiary/aromatic N) is 3. The molecular weight excluding hydrogens is 403 g/mol. The summed E-state index contributed by atoms with van der Waals surface area (Å²) in [5.41, 5.74) is 5.86. The van der Waals surface area contributed by atoms with Gasteiger partial charge in [0.25, 0.3) is 0 Å². The number of nitrogens with two attached hydrogens (primary N) is 1. The average molecular weight is 428 g/mol. The fourth-order valence-electron chi connectivity index (χ4n) is 2.28. The monoisotopic (exact) mass is 426 g/mol. The van der Waals surface area contributed by atoms with Crippen LogP contribution >= 0.6 is 40.7 Å². The topological polar surface area (TPSA) is 62.5 Å². The van der Waals surface area contributed by atoms with Gasteiger partial charge in [0.1, 0.15) is 5.82 Å². The first-order chi connectivity index (χ1) is 9.79. The predicted molar refractivity (Wildman–Crippen MR) is 103 cm³/mol. The van der Waals surface area contributed by atoms with Crippen molar-refractivity contribution in [2.24, 2.45) is 11.1 Å². The van der Waals surface area contributed by atoms with Gasteiger partial charge in [-0.15, -0.1) is 24.8 Å². The zero-order chi connectivity index (χ0) is 15.6. The Bertz CT molecular complexity index is 499. The number of carbonyl (C=O) groups excluding carboxylic acids is 1. The van der Waals surface area contributed by atoms with E-state index in [0.717, 1.165) is 23.4 Å². The molecule has 0 spiro atoms. The van der Waals surface area contributed by atoms with Crippen molar-refractivity contribution in [2.45, 2.75) is 26.8 Å². The molecule has 2 N–H and O–H groups in total. The number of amides is 1. The Morgan fingerprint density at radius 2 is 1.78 bits per heavy atom. The molecule has 1 aliphatic rings. The molecule has 1 aromatic rings. The van der Waals surface area contributed by atoms with Gasteiger partial charge in [-0.1, -0.05) is 20.8 Å². The van der Waals surface area contributed by atoms with Gasteiger partial charge in [-0.3, -0.25) is 4.79 Å². The Morgan fingerprint density at radius 1 is 1.22 bits per heavy atom. The number of aromatic nitrogens is 1. The van der Waals surface area contributed by atoms with Crippen molar-refractivity contribution in [1.29, 1.82) is 0 Å². The molecule has 1 saturated heterocycles. The Labute approximate surface area is 158 Å². The molecular formula is C15H25BrCl2N4O. The lowest BCUT2D eigenvalue weighted by atomic mass is 9.86. The number of hydrogen-bond donors (Lipinski definition) is 1. The molecule has 1 aromatic heterocycles. The lowest BCUT2D eigenvalue weighted by molar-refractivity contribution is -0.135. The lowest BCUT2D eigenvalue weighted by Gasteiger charge is -2.38. The lowest BCUT2D eigenvalue weighted by Crippen LogP contribution is -2.56. The zero-order valence-electron chi connectivity index (χ0n) is 13.7. The highest BCUT2D eigenvalue weighted by Crippen LogP contribution is 2.21. The first kappa shape index (κ1) is 22.4. The highest BCUT2D eigenvalue weighted by molar-refractivity contribution is 9.10. The van der Waals surface area contributed by atoms with Crippen LogP contribution in [0.3, 0.4) is 0 Å². The van der Waals surface area contributed by atoms with E-state index < -0.39 is 6.04 Å². The van der Waals surface area contributed by atoms with Crippen LogP contribution in [0.4, 0.5) is 5.82 Å². The van der Waals surface area contributed by atoms with Crippen LogP contribution in [0.15, 0.2) is 22.8 Å². The van der Waals surface area contributed by atoms with E-state index in [1.165, 1.54) is 0 Å². The summed E-state index contributed by atoms with van der Waals surface area (Å²) in [4.78, 5) is 20.8. The number of pyridine rings is 1. The van der Waals surface area contributed by atoms with Crippen molar-refractivity contribution in [3.05, 3.63) is 22.8 Å². The smallest absolute Gasteiger partial charge is 0.240 e. The van der Waals surface area contributed by atoms with Crippen LogP contribution < -0.4 is 10.6 Å². The van der Waals surface area contributed by atoms with Gasteiger partial charge in [0.15, 0.2) is 0 Å². The second-order valence-electron chi connectivity index (χ2n) is 6.49.